The molecule has 1 saturated carbocycles. The average molecular weight is 300 g/mol. The summed E-state index contributed by atoms with van der Waals surface area (Å²) in [7, 11) is 0. The topological polar surface area (TPSA) is 46.9 Å². The van der Waals surface area contributed by atoms with Gasteiger partial charge in [0.1, 0.15) is 5.02 Å². The molecule has 2 unspecified atom stereocenters. The molecule has 1 aliphatic rings. The second-order valence-corrected chi connectivity index (χ2v) is 6.06. The van der Waals surface area contributed by atoms with Crippen molar-refractivity contribution in [3.05, 3.63) is 34.2 Å². The van der Waals surface area contributed by atoms with E-state index in [-0.39, 0.29) is 10.6 Å². The van der Waals surface area contributed by atoms with E-state index < -0.39 is 0 Å². The standard InChI is InChI=1S/C13H18ClN3OS/c1-3-7-17-13(18)12(14)10(8-15-17)16-9-5-4-6-11(9)19-2/h3,8-9,11,16H,1,4-7H2,2H3. The Morgan fingerprint density at radius 2 is 2.47 bits per heavy atom. The summed E-state index contributed by atoms with van der Waals surface area (Å²) in [5.41, 5.74) is 0.364. The second-order valence-electron chi connectivity index (χ2n) is 4.60. The molecule has 2 atom stereocenters. The Bertz CT molecular complexity index is 517. The summed E-state index contributed by atoms with van der Waals surface area (Å²) in [4.78, 5) is 12.0. The first-order chi connectivity index (χ1) is 9.17. The number of thioether (sulfide) groups is 1. The van der Waals surface area contributed by atoms with Crippen LogP contribution in [0.5, 0.6) is 0 Å². The summed E-state index contributed by atoms with van der Waals surface area (Å²) in [6.07, 6.45) is 8.89. The van der Waals surface area contributed by atoms with Crippen molar-refractivity contribution in [2.24, 2.45) is 0 Å². The molecule has 1 aliphatic carbocycles. The number of hydrogen-bond acceptors (Lipinski definition) is 4. The van der Waals surface area contributed by atoms with Crippen molar-refractivity contribution in [3.63, 3.8) is 0 Å². The Morgan fingerprint density at radius 3 is 3.16 bits per heavy atom. The second kappa shape index (κ2) is 6.48. The molecule has 1 fully saturated rings. The molecule has 4 nitrogen and oxygen atoms in total. The van der Waals surface area contributed by atoms with Crippen LogP contribution in [0.25, 0.3) is 0 Å². The fourth-order valence-electron chi connectivity index (χ4n) is 2.39. The van der Waals surface area contributed by atoms with Gasteiger partial charge < -0.3 is 5.32 Å². The number of allylic oxidation sites excluding steroid dienone is 1. The van der Waals surface area contributed by atoms with Gasteiger partial charge in [0.25, 0.3) is 5.56 Å². The van der Waals surface area contributed by atoms with Crippen LogP contribution in [0.2, 0.25) is 5.02 Å². The van der Waals surface area contributed by atoms with E-state index in [1.54, 1.807) is 12.3 Å². The van der Waals surface area contributed by atoms with Crippen LogP contribution in [0.4, 0.5) is 5.69 Å². The molecular weight excluding hydrogens is 282 g/mol. The monoisotopic (exact) mass is 299 g/mol. The molecule has 104 valence electrons. The number of rotatable bonds is 5. The molecule has 1 aromatic rings. The quantitative estimate of drug-likeness (QED) is 0.849. The maximum absolute atomic E-state index is 12.0. The summed E-state index contributed by atoms with van der Waals surface area (Å²) in [5.74, 6) is 0. The van der Waals surface area contributed by atoms with E-state index in [0.29, 0.717) is 23.5 Å². The highest BCUT2D eigenvalue weighted by atomic mass is 35.5. The van der Waals surface area contributed by atoms with Gasteiger partial charge in [0.2, 0.25) is 0 Å². The number of nitrogens with one attached hydrogen (secondary N) is 1. The Balaban J connectivity index is 2.19. The molecule has 0 aliphatic heterocycles. The van der Waals surface area contributed by atoms with Gasteiger partial charge in [-0.05, 0) is 19.1 Å². The van der Waals surface area contributed by atoms with E-state index in [0.717, 1.165) is 6.42 Å². The lowest BCUT2D eigenvalue weighted by atomic mass is 10.2. The highest BCUT2D eigenvalue weighted by Gasteiger charge is 2.27. The van der Waals surface area contributed by atoms with Crippen molar-refractivity contribution in [2.45, 2.75) is 37.1 Å². The smallest absolute Gasteiger partial charge is 0.287 e. The minimum atomic E-state index is -0.273. The SMILES string of the molecule is C=CCn1ncc(NC2CCCC2SC)c(Cl)c1=O. The van der Waals surface area contributed by atoms with Gasteiger partial charge in [-0.2, -0.15) is 16.9 Å². The third-order valence-electron chi connectivity index (χ3n) is 3.38. The van der Waals surface area contributed by atoms with E-state index in [2.05, 4.69) is 23.3 Å². The van der Waals surface area contributed by atoms with Gasteiger partial charge in [-0.1, -0.05) is 24.1 Å². The highest BCUT2D eigenvalue weighted by Crippen LogP contribution is 2.31. The molecule has 0 aromatic carbocycles. The van der Waals surface area contributed by atoms with Gasteiger partial charge in [0, 0.05) is 11.3 Å². The van der Waals surface area contributed by atoms with Crippen molar-refractivity contribution < 1.29 is 0 Å². The molecule has 0 bridgehead atoms. The molecule has 0 amide bonds. The number of halogens is 1. The lowest BCUT2D eigenvalue weighted by Gasteiger charge is -2.20. The van der Waals surface area contributed by atoms with Crippen LogP contribution in [-0.2, 0) is 6.54 Å². The zero-order valence-electron chi connectivity index (χ0n) is 10.9. The van der Waals surface area contributed by atoms with Crippen LogP contribution in [0.3, 0.4) is 0 Å². The van der Waals surface area contributed by atoms with Gasteiger partial charge in [-0.3, -0.25) is 4.79 Å². The number of hydrogen-bond donors (Lipinski definition) is 1. The molecule has 0 spiro atoms. The molecule has 0 saturated heterocycles. The van der Waals surface area contributed by atoms with Gasteiger partial charge in [-0.15, -0.1) is 6.58 Å². The van der Waals surface area contributed by atoms with E-state index in [1.807, 2.05) is 11.8 Å². The summed E-state index contributed by atoms with van der Waals surface area (Å²) in [6, 6.07) is 0.365. The van der Waals surface area contributed by atoms with Gasteiger partial charge >= 0.3 is 0 Å². The van der Waals surface area contributed by atoms with Crippen LogP contribution in [0.15, 0.2) is 23.6 Å². The Hall–Kier alpha value is -0.940. The van der Waals surface area contributed by atoms with Crippen molar-refractivity contribution in [2.75, 3.05) is 11.6 Å². The minimum Gasteiger partial charge on any atom is -0.379 e. The highest BCUT2D eigenvalue weighted by molar-refractivity contribution is 7.99. The van der Waals surface area contributed by atoms with Gasteiger partial charge in [0.05, 0.1) is 18.4 Å². The first-order valence-electron chi connectivity index (χ1n) is 6.33. The van der Waals surface area contributed by atoms with E-state index in [4.69, 9.17) is 11.6 Å². The van der Waals surface area contributed by atoms with Crippen LogP contribution in [0, 0.1) is 0 Å². The number of anilines is 1. The molecular formula is C13H18ClN3OS. The van der Waals surface area contributed by atoms with Crippen molar-refractivity contribution in [1.29, 1.82) is 0 Å². The van der Waals surface area contributed by atoms with Crippen molar-refractivity contribution >= 4 is 29.1 Å². The molecule has 1 heterocycles. The van der Waals surface area contributed by atoms with Crippen molar-refractivity contribution in [1.82, 2.24) is 9.78 Å². The first kappa shape index (κ1) is 14.5. The molecule has 1 N–H and O–H groups in total. The fourth-order valence-corrected chi connectivity index (χ4v) is 3.53. The zero-order chi connectivity index (χ0) is 13.8. The van der Waals surface area contributed by atoms with E-state index >= 15 is 0 Å². The Morgan fingerprint density at radius 1 is 1.68 bits per heavy atom. The van der Waals surface area contributed by atoms with E-state index in [9.17, 15) is 4.79 Å². The van der Waals surface area contributed by atoms with Crippen molar-refractivity contribution in [3.8, 4) is 0 Å². The lowest BCUT2D eigenvalue weighted by molar-refractivity contribution is 0.650. The first-order valence-corrected chi connectivity index (χ1v) is 7.99. The summed E-state index contributed by atoms with van der Waals surface area (Å²) >= 11 is 7.99. The fraction of sp³-hybridized carbons (Fsp3) is 0.538. The van der Waals surface area contributed by atoms with Crippen LogP contribution < -0.4 is 10.9 Å². The predicted octanol–water partition coefficient (Wildman–Crippen LogP) is 2.78. The van der Waals surface area contributed by atoms with Crippen LogP contribution >= 0.6 is 23.4 Å². The minimum absolute atomic E-state index is 0.212. The summed E-state index contributed by atoms with van der Waals surface area (Å²) in [6.45, 7) is 3.96. The Labute approximate surface area is 122 Å². The Kier molecular flexibility index (Phi) is 4.93. The summed E-state index contributed by atoms with van der Waals surface area (Å²) in [5, 5.41) is 8.25. The molecule has 2 rings (SSSR count). The van der Waals surface area contributed by atoms with Crippen LogP contribution in [0.1, 0.15) is 19.3 Å². The van der Waals surface area contributed by atoms with Gasteiger partial charge in [-0.25, -0.2) is 4.68 Å². The van der Waals surface area contributed by atoms with Gasteiger partial charge in [0.15, 0.2) is 0 Å². The number of aromatic nitrogens is 2. The zero-order valence-corrected chi connectivity index (χ0v) is 12.5. The molecule has 19 heavy (non-hydrogen) atoms. The average Bonchev–Trinajstić information content (AvgIpc) is 2.86. The maximum Gasteiger partial charge on any atom is 0.287 e. The third-order valence-corrected chi connectivity index (χ3v) is 4.92. The third kappa shape index (κ3) is 3.15. The predicted molar refractivity (Wildman–Crippen MR) is 82.3 cm³/mol. The normalized spacial score (nSPS) is 22.4. The van der Waals surface area contributed by atoms with Crippen LogP contribution in [-0.4, -0.2) is 27.3 Å². The maximum atomic E-state index is 12.0. The van der Waals surface area contributed by atoms with E-state index in [1.165, 1.54) is 17.5 Å². The molecule has 1 aromatic heterocycles. The largest absolute Gasteiger partial charge is 0.379 e. The summed E-state index contributed by atoms with van der Waals surface area (Å²) < 4.78 is 1.31. The lowest BCUT2D eigenvalue weighted by Crippen LogP contribution is -2.29. The molecule has 0 radical (unpaired) electrons. The number of nitrogens with zero attached hydrogens (tertiary/aromatic N) is 2. The molecule has 6 heteroatoms.